The Labute approximate surface area is 126 Å². The third-order valence-corrected chi connectivity index (χ3v) is 3.27. The number of ether oxygens (including phenoxy) is 1. The van der Waals surface area contributed by atoms with Crippen molar-refractivity contribution in [2.75, 3.05) is 7.11 Å². The van der Waals surface area contributed by atoms with Crippen molar-refractivity contribution >= 4 is 0 Å². The summed E-state index contributed by atoms with van der Waals surface area (Å²) < 4.78 is 24.1. The van der Waals surface area contributed by atoms with Gasteiger partial charge in [0.2, 0.25) is 0 Å². The number of benzene rings is 2. The average molecular weight is 296 g/mol. The van der Waals surface area contributed by atoms with Gasteiger partial charge in [-0.2, -0.15) is 0 Å². The minimum absolute atomic E-state index is 0.188. The highest BCUT2D eigenvalue weighted by atomic mass is 19.1. The van der Waals surface area contributed by atoms with Crippen LogP contribution < -0.4 is 10.2 Å². The molecule has 4 heteroatoms. The summed E-state index contributed by atoms with van der Waals surface area (Å²) in [6.45, 7) is 0. The third kappa shape index (κ3) is 2.76. The Bertz CT molecular complexity index is 851. The van der Waals surface area contributed by atoms with Crippen LogP contribution in [-0.2, 0) is 0 Å². The van der Waals surface area contributed by atoms with Crippen LogP contribution in [0.4, 0.5) is 4.39 Å². The lowest BCUT2D eigenvalue weighted by atomic mass is 10.1. The van der Waals surface area contributed by atoms with Crippen LogP contribution in [0.5, 0.6) is 5.75 Å². The molecule has 0 aliphatic rings. The molecular weight excluding hydrogens is 283 g/mol. The summed E-state index contributed by atoms with van der Waals surface area (Å²) in [4.78, 5) is 11.9. The first kappa shape index (κ1) is 14.1. The zero-order valence-electron chi connectivity index (χ0n) is 11.9. The summed E-state index contributed by atoms with van der Waals surface area (Å²) in [5.74, 6) is 1.06. The molecule has 22 heavy (non-hydrogen) atoms. The molecule has 0 saturated heterocycles. The fourth-order valence-electron chi connectivity index (χ4n) is 2.21. The van der Waals surface area contributed by atoms with E-state index in [1.807, 2.05) is 18.2 Å². The van der Waals surface area contributed by atoms with Crippen molar-refractivity contribution < 1.29 is 13.5 Å². The van der Waals surface area contributed by atoms with Crippen molar-refractivity contribution in [1.29, 1.82) is 0 Å². The van der Waals surface area contributed by atoms with E-state index in [2.05, 4.69) is 0 Å². The normalized spacial score (nSPS) is 10.5. The summed E-state index contributed by atoms with van der Waals surface area (Å²) in [6.07, 6.45) is 0. The molecule has 3 aromatic rings. The fourth-order valence-corrected chi connectivity index (χ4v) is 2.21. The van der Waals surface area contributed by atoms with Crippen molar-refractivity contribution in [3.63, 3.8) is 0 Å². The van der Waals surface area contributed by atoms with E-state index >= 15 is 0 Å². The van der Waals surface area contributed by atoms with E-state index in [0.29, 0.717) is 28.4 Å². The molecule has 0 amide bonds. The van der Waals surface area contributed by atoms with Gasteiger partial charge in [0.25, 0.3) is 0 Å². The molecule has 3 nitrogen and oxygen atoms in total. The fraction of sp³-hybridized carbons (Fsp3) is 0.0556. The first-order valence-corrected chi connectivity index (χ1v) is 6.72. The second-order valence-electron chi connectivity index (χ2n) is 4.73. The number of halogens is 1. The highest BCUT2D eigenvalue weighted by Crippen LogP contribution is 2.31. The topological polar surface area (TPSA) is 39.4 Å². The standard InChI is InChI=1S/C18H13FO3/c1-21-16-5-3-2-4-15(16)18-11-14(20)10-17(22-18)12-6-8-13(19)9-7-12/h2-11H,1H3. The Hall–Kier alpha value is -2.88. The zero-order valence-corrected chi connectivity index (χ0v) is 11.9. The molecule has 0 aliphatic carbocycles. The molecule has 0 saturated carbocycles. The van der Waals surface area contributed by atoms with E-state index in [1.54, 1.807) is 25.3 Å². The average Bonchev–Trinajstić information content (AvgIpc) is 2.55. The molecule has 1 aromatic heterocycles. The van der Waals surface area contributed by atoms with Gasteiger partial charge in [-0.25, -0.2) is 4.39 Å². The van der Waals surface area contributed by atoms with Crippen LogP contribution in [0.2, 0.25) is 0 Å². The molecule has 0 aliphatic heterocycles. The van der Waals surface area contributed by atoms with Crippen LogP contribution in [-0.4, -0.2) is 7.11 Å². The van der Waals surface area contributed by atoms with Crippen molar-refractivity contribution in [3.05, 3.63) is 76.7 Å². The Kier molecular flexibility index (Phi) is 3.74. The van der Waals surface area contributed by atoms with Gasteiger partial charge in [-0.1, -0.05) is 12.1 Å². The maximum absolute atomic E-state index is 13.0. The lowest BCUT2D eigenvalue weighted by Crippen LogP contribution is -1.99. The first-order valence-electron chi connectivity index (χ1n) is 6.72. The molecule has 0 radical (unpaired) electrons. The molecule has 2 aromatic carbocycles. The van der Waals surface area contributed by atoms with Gasteiger partial charge in [0.05, 0.1) is 12.7 Å². The van der Waals surface area contributed by atoms with Gasteiger partial charge in [0.1, 0.15) is 23.1 Å². The van der Waals surface area contributed by atoms with Crippen LogP contribution in [0, 0.1) is 5.82 Å². The summed E-state index contributed by atoms with van der Waals surface area (Å²) in [6, 6.07) is 15.9. The van der Waals surface area contributed by atoms with Crippen molar-refractivity contribution in [2.24, 2.45) is 0 Å². The van der Waals surface area contributed by atoms with Crippen LogP contribution >= 0.6 is 0 Å². The minimum Gasteiger partial charge on any atom is -0.496 e. The number of para-hydroxylation sites is 1. The summed E-state index contributed by atoms with van der Waals surface area (Å²) in [5.41, 5.74) is 1.13. The predicted molar refractivity (Wildman–Crippen MR) is 82.4 cm³/mol. The lowest BCUT2D eigenvalue weighted by molar-refractivity contribution is 0.414. The zero-order chi connectivity index (χ0) is 15.5. The quantitative estimate of drug-likeness (QED) is 0.730. The van der Waals surface area contributed by atoms with Crippen LogP contribution in [0.1, 0.15) is 0 Å². The first-order chi connectivity index (χ1) is 10.7. The molecule has 3 rings (SSSR count). The Balaban J connectivity index is 2.14. The molecule has 0 unspecified atom stereocenters. The second kappa shape index (κ2) is 5.85. The van der Waals surface area contributed by atoms with E-state index in [0.717, 1.165) is 0 Å². The van der Waals surface area contributed by atoms with Crippen molar-refractivity contribution in [1.82, 2.24) is 0 Å². The van der Waals surface area contributed by atoms with E-state index in [1.165, 1.54) is 24.3 Å². The van der Waals surface area contributed by atoms with E-state index < -0.39 is 0 Å². The van der Waals surface area contributed by atoms with Crippen LogP contribution in [0.3, 0.4) is 0 Å². The minimum atomic E-state index is -0.341. The molecule has 110 valence electrons. The van der Waals surface area contributed by atoms with E-state index in [4.69, 9.17) is 9.15 Å². The number of rotatable bonds is 3. The third-order valence-electron chi connectivity index (χ3n) is 3.27. The summed E-state index contributed by atoms with van der Waals surface area (Å²) in [7, 11) is 1.56. The molecule has 1 heterocycles. The van der Waals surface area contributed by atoms with Crippen molar-refractivity contribution in [3.8, 4) is 28.4 Å². The molecule has 0 atom stereocenters. The largest absolute Gasteiger partial charge is 0.496 e. The van der Waals surface area contributed by atoms with E-state index in [9.17, 15) is 9.18 Å². The molecule has 0 fully saturated rings. The maximum atomic E-state index is 13.0. The lowest BCUT2D eigenvalue weighted by Gasteiger charge is -2.09. The van der Waals surface area contributed by atoms with Gasteiger partial charge in [0, 0.05) is 17.7 Å². The monoisotopic (exact) mass is 296 g/mol. The molecular formula is C18H13FO3. The van der Waals surface area contributed by atoms with Gasteiger partial charge in [-0.05, 0) is 36.4 Å². The van der Waals surface area contributed by atoms with E-state index in [-0.39, 0.29) is 11.2 Å². The van der Waals surface area contributed by atoms with Gasteiger partial charge in [-0.3, -0.25) is 4.79 Å². The smallest absolute Gasteiger partial charge is 0.186 e. The summed E-state index contributed by atoms with van der Waals surface area (Å²) >= 11 is 0. The Morgan fingerprint density at radius 1 is 0.955 bits per heavy atom. The molecule has 0 N–H and O–H groups in total. The highest BCUT2D eigenvalue weighted by molar-refractivity contribution is 5.67. The van der Waals surface area contributed by atoms with Gasteiger partial charge in [-0.15, -0.1) is 0 Å². The van der Waals surface area contributed by atoms with Crippen molar-refractivity contribution in [2.45, 2.75) is 0 Å². The SMILES string of the molecule is COc1ccccc1-c1cc(=O)cc(-c2ccc(F)cc2)o1. The molecule has 0 bridgehead atoms. The number of hydrogen-bond donors (Lipinski definition) is 0. The van der Waals surface area contributed by atoms with Gasteiger partial charge < -0.3 is 9.15 Å². The predicted octanol–water partition coefficient (Wildman–Crippen LogP) is 4.12. The highest BCUT2D eigenvalue weighted by Gasteiger charge is 2.11. The Morgan fingerprint density at radius 2 is 1.64 bits per heavy atom. The number of hydrogen-bond acceptors (Lipinski definition) is 3. The summed E-state index contributed by atoms with van der Waals surface area (Å²) in [5, 5.41) is 0. The van der Waals surface area contributed by atoms with Gasteiger partial charge in [0.15, 0.2) is 5.43 Å². The Morgan fingerprint density at radius 3 is 2.36 bits per heavy atom. The van der Waals surface area contributed by atoms with Gasteiger partial charge >= 0.3 is 0 Å². The molecule has 0 spiro atoms. The van der Waals surface area contributed by atoms with Crippen LogP contribution in [0.25, 0.3) is 22.6 Å². The van der Waals surface area contributed by atoms with Crippen LogP contribution in [0.15, 0.2) is 69.9 Å². The second-order valence-corrected chi connectivity index (χ2v) is 4.73. The number of methoxy groups -OCH3 is 1. The maximum Gasteiger partial charge on any atom is 0.186 e.